The Bertz CT molecular complexity index is 931. The van der Waals surface area contributed by atoms with Crippen molar-refractivity contribution >= 4 is 11.7 Å². The van der Waals surface area contributed by atoms with E-state index < -0.39 is 0 Å². The lowest BCUT2D eigenvalue weighted by Crippen LogP contribution is -2.30. The van der Waals surface area contributed by atoms with Gasteiger partial charge >= 0.3 is 6.03 Å². The summed E-state index contributed by atoms with van der Waals surface area (Å²) < 4.78 is 12.8. The highest BCUT2D eigenvalue weighted by molar-refractivity contribution is 5.89. The largest absolute Gasteiger partial charge is 0.492 e. The van der Waals surface area contributed by atoms with Gasteiger partial charge in [-0.05, 0) is 50.1 Å². The van der Waals surface area contributed by atoms with Crippen molar-refractivity contribution in [2.45, 2.75) is 32.1 Å². The molecule has 0 radical (unpaired) electrons. The second kappa shape index (κ2) is 8.16. The number of hydrogen-bond donors (Lipinski definition) is 2. The van der Waals surface area contributed by atoms with Gasteiger partial charge in [0.1, 0.15) is 5.75 Å². The Morgan fingerprint density at radius 3 is 2.89 bits per heavy atom. The Morgan fingerprint density at radius 1 is 1.32 bits per heavy atom. The number of nitrogens with zero attached hydrogens (tertiary/aromatic N) is 3. The number of carbonyl (C=O) groups is 1. The quantitative estimate of drug-likeness (QED) is 0.623. The SMILES string of the molecule is CCOc1ccc(NC(=O)NCCc2nc(C3CC3)no2)cc1-n1cccc1. The molecule has 28 heavy (non-hydrogen) atoms. The summed E-state index contributed by atoms with van der Waals surface area (Å²) in [4.78, 5) is 16.6. The highest BCUT2D eigenvalue weighted by Gasteiger charge is 2.28. The first-order valence-corrected chi connectivity index (χ1v) is 9.50. The first-order chi connectivity index (χ1) is 13.7. The molecule has 1 saturated carbocycles. The van der Waals surface area contributed by atoms with Crippen LogP contribution in [0.15, 0.2) is 47.2 Å². The van der Waals surface area contributed by atoms with Gasteiger partial charge in [-0.1, -0.05) is 5.16 Å². The molecule has 1 fully saturated rings. The van der Waals surface area contributed by atoms with Gasteiger partial charge in [0.15, 0.2) is 5.82 Å². The van der Waals surface area contributed by atoms with Gasteiger partial charge < -0.3 is 24.5 Å². The zero-order valence-corrected chi connectivity index (χ0v) is 15.7. The van der Waals surface area contributed by atoms with Gasteiger partial charge in [-0.15, -0.1) is 0 Å². The predicted octanol–water partition coefficient (Wildman–Crippen LogP) is 3.50. The zero-order valence-electron chi connectivity index (χ0n) is 15.7. The Morgan fingerprint density at radius 2 is 2.14 bits per heavy atom. The molecule has 8 heteroatoms. The van der Waals surface area contributed by atoms with Gasteiger partial charge in [0.05, 0.1) is 12.3 Å². The first kappa shape index (κ1) is 18.1. The monoisotopic (exact) mass is 381 g/mol. The summed E-state index contributed by atoms with van der Waals surface area (Å²) >= 11 is 0. The minimum Gasteiger partial charge on any atom is -0.492 e. The van der Waals surface area contributed by atoms with Crippen molar-refractivity contribution in [3.05, 3.63) is 54.4 Å². The molecule has 1 aromatic carbocycles. The number of urea groups is 1. The number of carbonyl (C=O) groups excluding carboxylic acids is 1. The highest BCUT2D eigenvalue weighted by atomic mass is 16.5. The van der Waals surface area contributed by atoms with Gasteiger partial charge in [0.25, 0.3) is 0 Å². The van der Waals surface area contributed by atoms with Crippen molar-refractivity contribution in [2.24, 2.45) is 0 Å². The van der Waals surface area contributed by atoms with E-state index in [-0.39, 0.29) is 6.03 Å². The second-order valence-corrected chi connectivity index (χ2v) is 6.66. The molecule has 0 unspecified atom stereocenters. The molecule has 0 atom stereocenters. The Kier molecular flexibility index (Phi) is 5.27. The molecular weight excluding hydrogens is 358 g/mol. The smallest absolute Gasteiger partial charge is 0.319 e. The molecule has 2 aromatic heterocycles. The molecule has 8 nitrogen and oxygen atoms in total. The van der Waals surface area contributed by atoms with Crippen LogP contribution in [0.3, 0.4) is 0 Å². The van der Waals surface area contributed by atoms with E-state index in [1.54, 1.807) is 0 Å². The highest BCUT2D eigenvalue weighted by Crippen LogP contribution is 2.38. The number of ether oxygens (including phenoxy) is 1. The van der Waals surface area contributed by atoms with Crippen molar-refractivity contribution in [1.29, 1.82) is 0 Å². The summed E-state index contributed by atoms with van der Waals surface area (Å²) in [6, 6.07) is 9.14. The average molecular weight is 381 g/mol. The second-order valence-electron chi connectivity index (χ2n) is 6.66. The molecule has 2 N–H and O–H groups in total. The van der Waals surface area contributed by atoms with Crippen LogP contribution in [-0.4, -0.2) is 33.9 Å². The number of nitrogens with one attached hydrogen (secondary N) is 2. The van der Waals surface area contributed by atoms with Gasteiger partial charge in [-0.2, -0.15) is 4.98 Å². The third-order valence-corrected chi connectivity index (χ3v) is 4.45. The third-order valence-electron chi connectivity index (χ3n) is 4.45. The van der Waals surface area contributed by atoms with Gasteiger partial charge in [0.2, 0.25) is 5.89 Å². The van der Waals surface area contributed by atoms with E-state index in [0.717, 1.165) is 30.1 Å². The third kappa shape index (κ3) is 4.33. The Labute approximate surface area is 162 Å². The van der Waals surface area contributed by atoms with E-state index in [1.165, 1.54) is 0 Å². The molecule has 0 spiro atoms. The minimum absolute atomic E-state index is 0.287. The van der Waals surface area contributed by atoms with Crippen LogP contribution in [0.1, 0.15) is 37.4 Å². The molecule has 1 aliphatic rings. The van der Waals surface area contributed by atoms with Crippen molar-refractivity contribution in [2.75, 3.05) is 18.5 Å². The van der Waals surface area contributed by atoms with Gasteiger partial charge in [-0.25, -0.2) is 4.79 Å². The molecule has 3 aromatic rings. The molecule has 0 aliphatic heterocycles. The number of aromatic nitrogens is 3. The van der Waals surface area contributed by atoms with Crippen molar-refractivity contribution in [3.8, 4) is 11.4 Å². The summed E-state index contributed by atoms with van der Waals surface area (Å²) in [5.74, 6) is 2.56. The van der Waals surface area contributed by atoms with Crippen LogP contribution in [0.4, 0.5) is 10.5 Å². The molecule has 2 heterocycles. The van der Waals surface area contributed by atoms with E-state index in [4.69, 9.17) is 9.26 Å². The maximum absolute atomic E-state index is 12.2. The summed E-state index contributed by atoms with van der Waals surface area (Å²) in [7, 11) is 0. The summed E-state index contributed by atoms with van der Waals surface area (Å²) in [6.45, 7) is 2.93. The number of amides is 2. The molecule has 146 valence electrons. The lowest BCUT2D eigenvalue weighted by molar-refractivity contribution is 0.252. The normalized spacial score (nSPS) is 13.3. The fourth-order valence-electron chi connectivity index (χ4n) is 2.90. The first-order valence-electron chi connectivity index (χ1n) is 9.50. The fourth-order valence-corrected chi connectivity index (χ4v) is 2.90. The number of benzene rings is 1. The standard InChI is InChI=1S/C20H23N5O3/c1-2-27-17-8-7-15(13-16(17)25-11-3-4-12-25)22-20(26)21-10-9-18-23-19(24-28-18)14-5-6-14/h3-4,7-8,11-14H,2,5-6,9-10H2,1H3,(H2,21,22,26). The van der Waals surface area contributed by atoms with Crippen LogP contribution >= 0.6 is 0 Å². The maximum Gasteiger partial charge on any atom is 0.319 e. The molecule has 4 rings (SSSR count). The molecule has 1 aliphatic carbocycles. The number of hydrogen-bond acceptors (Lipinski definition) is 5. The van der Waals surface area contributed by atoms with Crippen molar-refractivity contribution in [1.82, 2.24) is 20.0 Å². The predicted molar refractivity (Wildman–Crippen MR) is 104 cm³/mol. The minimum atomic E-state index is -0.287. The average Bonchev–Trinajstić information content (AvgIpc) is 3.19. The van der Waals surface area contributed by atoms with Crippen LogP contribution in [-0.2, 0) is 6.42 Å². The lowest BCUT2D eigenvalue weighted by atomic mass is 10.2. The van der Waals surface area contributed by atoms with Crippen LogP contribution < -0.4 is 15.4 Å². The fraction of sp³-hybridized carbons (Fsp3) is 0.350. The van der Waals surface area contributed by atoms with Crippen LogP contribution in [0.2, 0.25) is 0 Å². The molecule has 0 saturated heterocycles. The lowest BCUT2D eigenvalue weighted by Gasteiger charge is -2.14. The number of rotatable bonds is 8. The maximum atomic E-state index is 12.2. The van der Waals surface area contributed by atoms with E-state index >= 15 is 0 Å². The molecule has 2 amide bonds. The van der Waals surface area contributed by atoms with Crippen LogP contribution in [0.5, 0.6) is 5.75 Å². The van der Waals surface area contributed by atoms with Crippen LogP contribution in [0, 0.1) is 0 Å². The Hall–Kier alpha value is -3.29. The Balaban J connectivity index is 1.33. The van der Waals surface area contributed by atoms with E-state index in [0.29, 0.717) is 37.1 Å². The molecular formula is C20H23N5O3. The molecule has 0 bridgehead atoms. The zero-order chi connectivity index (χ0) is 19.3. The van der Waals surface area contributed by atoms with E-state index in [2.05, 4.69) is 20.8 Å². The summed E-state index contributed by atoms with van der Waals surface area (Å²) in [5, 5.41) is 9.63. The van der Waals surface area contributed by atoms with Crippen molar-refractivity contribution in [3.63, 3.8) is 0 Å². The topological polar surface area (TPSA) is 94.2 Å². The summed E-state index contributed by atoms with van der Waals surface area (Å²) in [5.41, 5.74) is 1.54. The van der Waals surface area contributed by atoms with Gasteiger partial charge in [0, 0.05) is 37.0 Å². The van der Waals surface area contributed by atoms with E-state index in [9.17, 15) is 4.79 Å². The van der Waals surface area contributed by atoms with E-state index in [1.807, 2.05) is 54.2 Å². The summed E-state index contributed by atoms with van der Waals surface area (Å²) in [6.07, 6.45) is 6.63. The van der Waals surface area contributed by atoms with Gasteiger partial charge in [-0.3, -0.25) is 0 Å². The van der Waals surface area contributed by atoms with Crippen molar-refractivity contribution < 1.29 is 14.1 Å². The number of anilines is 1. The van der Waals surface area contributed by atoms with Crippen LogP contribution in [0.25, 0.3) is 5.69 Å².